The molecule has 0 saturated carbocycles. The van der Waals surface area contributed by atoms with Crippen LogP contribution in [0.15, 0.2) is 18.3 Å². The third-order valence-electron chi connectivity index (χ3n) is 1.80. The van der Waals surface area contributed by atoms with Crippen molar-refractivity contribution in [2.75, 3.05) is 5.32 Å². The highest BCUT2D eigenvalue weighted by Crippen LogP contribution is 2.07. The molecule has 2 rings (SSSR count). The van der Waals surface area contributed by atoms with Crippen LogP contribution >= 0.6 is 0 Å². The Morgan fingerprint density at radius 2 is 2.24 bits per heavy atom. The van der Waals surface area contributed by atoms with Crippen LogP contribution in [0.25, 0.3) is 0 Å². The van der Waals surface area contributed by atoms with Gasteiger partial charge in [-0.3, -0.25) is 4.79 Å². The summed E-state index contributed by atoms with van der Waals surface area (Å²) in [5.41, 5.74) is 0.0170. The van der Waals surface area contributed by atoms with Crippen LogP contribution in [-0.4, -0.2) is 42.6 Å². The molecule has 0 fully saturated rings. The number of tetrazole rings is 1. The number of nitrogens with one attached hydrogen (secondary N) is 2. The number of hydrogen-bond donors (Lipinski definition) is 3. The molecule has 0 unspecified atom stereocenters. The number of carbonyl (C=O) groups is 2. The fraction of sp³-hybridized carbons (Fsp3) is 0. The molecule has 0 aliphatic carbocycles. The van der Waals surface area contributed by atoms with Crippen molar-refractivity contribution in [1.29, 1.82) is 0 Å². The number of rotatable bonds is 3. The molecule has 3 N–H and O–H groups in total. The van der Waals surface area contributed by atoms with Gasteiger partial charge in [0, 0.05) is 6.20 Å². The first-order chi connectivity index (χ1) is 8.16. The summed E-state index contributed by atoms with van der Waals surface area (Å²) >= 11 is 0. The van der Waals surface area contributed by atoms with Gasteiger partial charge in [0.2, 0.25) is 0 Å². The Morgan fingerprint density at radius 1 is 1.41 bits per heavy atom. The van der Waals surface area contributed by atoms with Crippen LogP contribution in [0.3, 0.4) is 0 Å². The molecule has 0 aliphatic heterocycles. The van der Waals surface area contributed by atoms with Gasteiger partial charge < -0.3 is 10.4 Å². The van der Waals surface area contributed by atoms with Crippen molar-refractivity contribution >= 4 is 17.7 Å². The van der Waals surface area contributed by atoms with Gasteiger partial charge >= 0.3 is 5.97 Å². The zero-order chi connectivity index (χ0) is 12.3. The van der Waals surface area contributed by atoms with Gasteiger partial charge in [0.05, 0.1) is 5.56 Å². The molecule has 0 atom stereocenters. The molecule has 0 aromatic carbocycles. The van der Waals surface area contributed by atoms with E-state index in [1.54, 1.807) is 0 Å². The third-order valence-corrected chi connectivity index (χ3v) is 1.80. The van der Waals surface area contributed by atoms with E-state index in [4.69, 9.17) is 5.11 Å². The summed E-state index contributed by atoms with van der Waals surface area (Å²) in [5.74, 6) is -1.80. The van der Waals surface area contributed by atoms with Gasteiger partial charge in [0.1, 0.15) is 5.82 Å². The van der Waals surface area contributed by atoms with Crippen molar-refractivity contribution < 1.29 is 14.7 Å². The molecule has 17 heavy (non-hydrogen) atoms. The minimum Gasteiger partial charge on any atom is -0.478 e. The van der Waals surface area contributed by atoms with Gasteiger partial charge in [-0.05, 0) is 17.3 Å². The largest absolute Gasteiger partial charge is 0.478 e. The predicted molar refractivity (Wildman–Crippen MR) is 53.3 cm³/mol. The van der Waals surface area contributed by atoms with E-state index in [1.807, 2.05) is 0 Å². The number of aromatic carboxylic acids is 1. The quantitative estimate of drug-likeness (QED) is 0.654. The molecule has 0 spiro atoms. The second kappa shape index (κ2) is 4.35. The molecule has 0 bridgehead atoms. The van der Waals surface area contributed by atoms with E-state index < -0.39 is 11.9 Å². The number of carbonyl (C=O) groups excluding carboxylic acids is 1. The maximum Gasteiger partial charge on any atom is 0.335 e. The van der Waals surface area contributed by atoms with Gasteiger partial charge in [0.25, 0.3) is 11.7 Å². The molecule has 0 radical (unpaired) electrons. The molecule has 9 heteroatoms. The number of H-pyrrole nitrogens is 1. The maximum absolute atomic E-state index is 11.5. The highest BCUT2D eigenvalue weighted by Gasteiger charge is 2.12. The van der Waals surface area contributed by atoms with Crippen LogP contribution in [0.5, 0.6) is 0 Å². The molecule has 0 saturated heterocycles. The summed E-state index contributed by atoms with van der Waals surface area (Å²) in [4.78, 5) is 26.0. The molecule has 86 valence electrons. The number of aromatic amines is 1. The van der Waals surface area contributed by atoms with Crippen molar-refractivity contribution in [3.63, 3.8) is 0 Å². The van der Waals surface area contributed by atoms with Gasteiger partial charge in [0.15, 0.2) is 0 Å². The van der Waals surface area contributed by atoms with E-state index in [1.165, 1.54) is 18.3 Å². The Bertz CT molecular complexity index is 552. The number of pyridine rings is 1. The average molecular weight is 234 g/mol. The average Bonchev–Trinajstić information content (AvgIpc) is 2.82. The molecular weight excluding hydrogens is 228 g/mol. The van der Waals surface area contributed by atoms with Gasteiger partial charge in [-0.1, -0.05) is 0 Å². The van der Waals surface area contributed by atoms with Gasteiger partial charge in [-0.15, -0.1) is 10.2 Å². The number of nitrogens with zero attached hydrogens (tertiary/aromatic N) is 4. The lowest BCUT2D eigenvalue weighted by molar-refractivity contribution is 0.0696. The minimum atomic E-state index is -1.11. The summed E-state index contributed by atoms with van der Waals surface area (Å²) in [6.07, 6.45) is 1.27. The van der Waals surface area contributed by atoms with Crippen LogP contribution in [-0.2, 0) is 0 Å². The second-order valence-electron chi connectivity index (χ2n) is 2.92. The number of hydrogen-bond acceptors (Lipinski definition) is 6. The minimum absolute atomic E-state index is 0.0170. The fourth-order valence-corrected chi connectivity index (χ4v) is 1.06. The number of amides is 1. The first-order valence-corrected chi connectivity index (χ1v) is 4.41. The van der Waals surface area contributed by atoms with Crippen molar-refractivity contribution in [1.82, 2.24) is 25.6 Å². The highest BCUT2D eigenvalue weighted by molar-refractivity contribution is 6.01. The summed E-state index contributed by atoms with van der Waals surface area (Å²) in [6.45, 7) is 0. The van der Waals surface area contributed by atoms with E-state index in [0.29, 0.717) is 0 Å². The Hall–Kier alpha value is -2.84. The molecule has 1 amide bonds. The van der Waals surface area contributed by atoms with Crippen LogP contribution in [0.4, 0.5) is 5.82 Å². The summed E-state index contributed by atoms with van der Waals surface area (Å²) < 4.78 is 0. The predicted octanol–water partition coefficient (Wildman–Crippen LogP) is -0.455. The molecule has 0 aliphatic rings. The highest BCUT2D eigenvalue weighted by atomic mass is 16.4. The molecular formula is C8H6N6O3. The van der Waals surface area contributed by atoms with E-state index >= 15 is 0 Å². The normalized spacial score (nSPS) is 9.88. The second-order valence-corrected chi connectivity index (χ2v) is 2.92. The van der Waals surface area contributed by atoms with E-state index in [2.05, 4.69) is 30.9 Å². The number of aromatic nitrogens is 5. The van der Waals surface area contributed by atoms with Crippen molar-refractivity contribution in [3.8, 4) is 0 Å². The lowest BCUT2D eigenvalue weighted by atomic mass is 10.2. The van der Waals surface area contributed by atoms with E-state index in [-0.39, 0.29) is 17.2 Å². The first kappa shape index (κ1) is 10.7. The Labute approximate surface area is 93.9 Å². The first-order valence-electron chi connectivity index (χ1n) is 4.41. The molecule has 2 heterocycles. The SMILES string of the molecule is O=C(O)c1ccnc(NC(=O)c2nn[nH]n2)c1. The van der Waals surface area contributed by atoms with Crippen molar-refractivity contribution in [2.24, 2.45) is 0 Å². The molecule has 9 nitrogen and oxygen atoms in total. The van der Waals surface area contributed by atoms with Crippen LogP contribution in [0, 0.1) is 0 Å². The number of carboxylic acid groups (broad SMARTS) is 1. The van der Waals surface area contributed by atoms with E-state index in [0.717, 1.165) is 0 Å². The Balaban J connectivity index is 2.16. The van der Waals surface area contributed by atoms with Crippen LogP contribution in [0.2, 0.25) is 0 Å². The van der Waals surface area contributed by atoms with Gasteiger partial charge in [-0.2, -0.15) is 5.21 Å². The van der Waals surface area contributed by atoms with Crippen molar-refractivity contribution in [2.45, 2.75) is 0 Å². The van der Waals surface area contributed by atoms with Crippen molar-refractivity contribution in [3.05, 3.63) is 29.7 Å². The smallest absolute Gasteiger partial charge is 0.335 e. The number of carboxylic acids is 1. The zero-order valence-corrected chi connectivity index (χ0v) is 8.28. The third kappa shape index (κ3) is 2.40. The molecule has 2 aromatic rings. The Kier molecular flexibility index (Phi) is 2.73. The summed E-state index contributed by atoms with van der Waals surface area (Å²) in [6, 6.07) is 2.53. The Morgan fingerprint density at radius 3 is 2.88 bits per heavy atom. The van der Waals surface area contributed by atoms with E-state index in [9.17, 15) is 9.59 Å². The van der Waals surface area contributed by atoms with Crippen LogP contribution in [0.1, 0.15) is 21.0 Å². The standard InChI is InChI=1S/C8H6N6O3/c15-7(6-11-13-14-12-6)10-5-3-4(8(16)17)1-2-9-5/h1-3H,(H,16,17)(H,9,10,15)(H,11,12,13,14). The monoisotopic (exact) mass is 234 g/mol. The van der Waals surface area contributed by atoms with Gasteiger partial charge in [-0.25, -0.2) is 9.78 Å². The summed E-state index contributed by atoms with van der Waals surface area (Å²) in [5, 5.41) is 23.4. The maximum atomic E-state index is 11.5. The number of anilines is 1. The lowest BCUT2D eigenvalue weighted by Crippen LogP contribution is -2.15. The summed E-state index contributed by atoms with van der Waals surface area (Å²) in [7, 11) is 0. The van der Waals surface area contributed by atoms with Crippen LogP contribution < -0.4 is 5.32 Å². The topological polar surface area (TPSA) is 134 Å². The zero-order valence-electron chi connectivity index (χ0n) is 8.28. The molecule has 2 aromatic heterocycles. The fourth-order valence-electron chi connectivity index (χ4n) is 1.06. The lowest BCUT2D eigenvalue weighted by Gasteiger charge is -2.01.